The summed E-state index contributed by atoms with van der Waals surface area (Å²) in [4.78, 5) is 37.3. The fourth-order valence-corrected chi connectivity index (χ4v) is 4.09. The van der Waals surface area contributed by atoms with Gasteiger partial charge in [-0.3, -0.25) is 14.4 Å². The number of ketones is 1. The molecule has 3 rings (SSSR count). The van der Waals surface area contributed by atoms with E-state index in [9.17, 15) is 14.4 Å². The Bertz CT molecular complexity index is 802. The van der Waals surface area contributed by atoms with Crippen LogP contribution in [0.4, 0.5) is 0 Å². The van der Waals surface area contributed by atoms with E-state index in [1.54, 1.807) is 25.1 Å². The third-order valence-electron chi connectivity index (χ3n) is 4.81. The lowest BCUT2D eigenvalue weighted by Crippen LogP contribution is -2.44. The van der Waals surface area contributed by atoms with E-state index in [2.05, 4.69) is 5.32 Å². The molecule has 1 heterocycles. The summed E-state index contributed by atoms with van der Waals surface area (Å²) >= 11 is 12.4. The van der Waals surface area contributed by atoms with Crippen molar-refractivity contribution in [3.8, 4) is 0 Å². The summed E-state index contributed by atoms with van der Waals surface area (Å²) in [5.74, 6) is -2.72. The van der Waals surface area contributed by atoms with Crippen LogP contribution >= 0.6 is 23.2 Å². The lowest BCUT2D eigenvalue weighted by atomic mass is 9.70. The van der Waals surface area contributed by atoms with Crippen molar-refractivity contribution in [2.24, 2.45) is 11.8 Å². The topological polar surface area (TPSA) is 72.5 Å². The van der Waals surface area contributed by atoms with Crippen molar-refractivity contribution < 1.29 is 19.1 Å². The van der Waals surface area contributed by atoms with Gasteiger partial charge in [-0.15, -0.1) is 0 Å². The second-order valence-electron chi connectivity index (χ2n) is 6.39. The molecular formula is C18H17Cl2NO4. The maximum Gasteiger partial charge on any atom is 0.316 e. The molecule has 1 aliphatic carbocycles. The van der Waals surface area contributed by atoms with Gasteiger partial charge in [0.25, 0.3) is 0 Å². The number of benzene rings is 1. The van der Waals surface area contributed by atoms with Gasteiger partial charge in [-0.1, -0.05) is 42.3 Å². The van der Waals surface area contributed by atoms with E-state index < -0.39 is 17.8 Å². The first-order valence-corrected chi connectivity index (χ1v) is 8.69. The predicted molar refractivity (Wildman–Crippen MR) is 93.3 cm³/mol. The molecule has 0 aromatic heterocycles. The Labute approximate surface area is 155 Å². The Morgan fingerprint density at radius 3 is 2.64 bits per heavy atom. The quantitative estimate of drug-likeness (QED) is 0.630. The molecule has 0 fully saturated rings. The standard InChI is InChI=1S/C18H17Cl2NO4/c1-8-6-12-15(17(23)14(8)18(24)25-2)10(7-13(22)21-12)9-4-3-5-11(19)16(9)20/h3-5,8,10,14H,6-7H2,1-2H3,(H,21,22)/t8-,10+,14+/m0/s1. The van der Waals surface area contributed by atoms with Crippen molar-refractivity contribution in [3.63, 3.8) is 0 Å². The monoisotopic (exact) mass is 381 g/mol. The lowest BCUT2D eigenvalue weighted by Gasteiger charge is -2.36. The number of methoxy groups -OCH3 is 1. The van der Waals surface area contributed by atoms with Gasteiger partial charge in [0.1, 0.15) is 5.92 Å². The Morgan fingerprint density at radius 2 is 1.96 bits per heavy atom. The van der Waals surface area contributed by atoms with Crippen LogP contribution in [0.25, 0.3) is 0 Å². The normalized spacial score (nSPS) is 26.2. The summed E-state index contributed by atoms with van der Waals surface area (Å²) in [5.41, 5.74) is 1.61. The zero-order chi connectivity index (χ0) is 18.3. The van der Waals surface area contributed by atoms with Crippen molar-refractivity contribution in [3.05, 3.63) is 45.1 Å². The highest BCUT2D eigenvalue weighted by atomic mass is 35.5. The minimum Gasteiger partial charge on any atom is -0.468 e. The summed E-state index contributed by atoms with van der Waals surface area (Å²) in [6, 6.07) is 5.12. The van der Waals surface area contributed by atoms with Gasteiger partial charge in [0.2, 0.25) is 5.91 Å². The lowest BCUT2D eigenvalue weighted by molar-refractivity contribution is -0.151. The number of amides is 1. The molecule has 1 aliphatic heterocycles. The number of hydrogen-bond donors (Lipinski definition) is 1. The summed E-state index contributed by atoms with van der Waals surface area (Å²) in [5, 5.41) is 3.45. The summed E-state index contributed by atoms with van der Waals surface area (Å²) < 4.78 is 4.80. The van der Waals surface area contributed by atoms with Gasteiger partial charge in [-0.05, 0) is 24.0 Å². The first kappa shape index (κ1) is 18.0. The largest absolute Gasteiger partial charge is 0.468 e. The number of ether oxygens (including phenoxy) is 1. The maximum absolute atomic E-state index is 13.1. The molecule has 0 spiro atoms. The molecule has 5 nitrogen and oxygen atoms in total. The first-order valence-electron chi connectivity index (χ1n) is 7.94. The van der Waals surface area contributed by atoms with Crippen LogP contribution in [0.2, 0.25) is 10.0 Å². The Hall–Kier alpha value is -1.85. The number of halogens is 2. The third kappa shape index (κ3) is 3.07. The fourth-order valence-electron chi connectivity index (χ4n) is 3.65. The molecule has 0 saturated heterocycles. The van der Waals surface area contributed by atoms with Crippen LogP contribution in [0, 0.1) is 11.8 Å². The van der Waals surface area contributed by atoms with Crippen LogP contribution in [0.1, 0.15) is 31.2 Å². The van der Waals surface area contributed by atoms with Gasteiger partial charge in [0.15, 0.2) is 5.78 Å². The highest BCUT2D eigenvalue weighted by Crippen LogP contribution is 2.44. The van der Waals surface area contributed by atoms with Gasteiger partial charge < -0.3 is 10.1 Å². The SMILES string of the molecule is COC(=O)[C@H]1C(=O)C2=C(C[C@@H]1C)NC(=O)C[C@@H]2c1cccc(Cl)c1Cl. The van der Waals surface area contributed by atoms with E-state index in [1.165, 1.54) is 7.11 Å². The van der Waals surface area contributed by atoms with Crippen LogP contribution in [0.5, 0.6) is 0 Å². The predicted octanol–water partition coefficient (Wildman–Crippen LogP) is 3.25. The smallest absolute Gasteiger partial charge is 0.316 e. The van der Waals surface area contributed by atoms with E-state index in [0.717, 1.165) is 0 Å². The molecule has 0 unspecified atom stereocenters. The third-order valence-corrected chi connectivity index (χ3v) is 5.64. The van der Waals surface area contributed by atoms with Crippen LogP contribution in [0.15, 0.2) is 29.5 Å². The summed E-state index contributed by atoms with van der Waals surface area (Å²) in [7, 11) is 1.26. The Kier molecular flexibility index (Phi) is 4.89. The van der Waals surface area contributed by atoms with Crippen molar-refractivity contribution in [1.82, 2.24) is 5.32 Å². The van der Waals surface area contributed by atoms with Crippen LogP contribution < -0.4 is 5.32 Å². The number of rotatable bonds is 2. The minimum absolute atomic E-state index is 0.0763. The molecule has 1 aromatic carbocycles. The second-order valence-corrected chi connectivity index (χ2v) is 7.17. The van der Waals surface area contributed by atoms with Crippen molar-refractivity contribution in [1.29, 1.82) is 0 Å². The Morgan fingerprint density at radius 1 is 1.24 bits per heavy atom. The fraction of sp³-hybridized carbons (Fsp3) is 0.389. The number of carbonyl (C=O) groups is 3. The van der Waals surface area contributed by atoms with E-state index in [1.807, 2.05) is 0 Å². The number of nitrogens with one attached hydrogen (secondary N) is 1. The van der Waals surface area contributed by atoms with E-state index in [4.69, 9.17) is 27.9 Å². The zero-order valence-corrected chi connectivity index (χ0v) is 15.3. The Balaban J connectivity index is 2.12. The molecule has 0 radical (unpaired) electrons. The molecule has 7 heteroatoms. The minimum atomic E-state index is -0.876. The molecule has 1 N–H and O–H groups in total. The van der Waals surface area contributed by atoms with Gasteiger partial charge in [0, 0.05) is 23.6 Å². The number of hydrogen-bond acceptors (Lipinski definition) is 4. The van der Waals surface area contributed by atoms with Gasteiger partial charge in [-0.2, -0.15) is 0 Å². The molecule has 2 aliphatic rings. The highest BCUT2D eigenvalue weighted by Gasteiger charge is 2.45. The average molecular weight is 382 g/mol. The maximum atomic E-state index is 13.1. The van der Waals surface area contributed by atoms with Crippen molar-refractivity contribution in [2.45, 2.75) is 25.7 Å². The number of esters is 1. The van der Waals surface area contributed by atoms with E-state index >= 15 is 0 Å². The first-order chi connectivity index (χ1) is 11.8. The van der Waals surface area contributed by atoms with Gasteiger partial charge in [-0.25, -0.2) is 0 Å². The molecule has 25 heavy (non-hydrogen) atoms. The van der Waals surface area contributed by atoms with E-state index in [-0.39, 0.29) is 24.0 Å². The van der Waals surface area contributed by atoms with Gasteiger partial charge in [0.05, 0.1) is 17.2 Å². The summed E-state index contributed by atoms with van der Waals surface area (Å²) in [6.45, 7) is 1.80. The van der Waals surface area contributed by atoms with Gasteiger partial charge >= 0.3 is 5.97 Å². The van der Waals surface area contributed by atoms with Crippen LogP contribution in [-0.4, -0.2) is 24.8 Å². The highest BCUT2D eigenvalue weighted by molar-refractivity contribution is 6.42. The summed E-state index contributed by atoms with van der Waals surface area (Å²) in [6.07, 6.45) is 0.494. The van der Waals surface area contributed by atoms with Crippen LogP contribution in [0.3, 0.4) is 0 Å². The molecule has 132 valence electrons. The molecule has 3 atom stereocenters. The average Bonchev–Trinajstić information content (AvgIpc) is 2.56. The molecule has 1 aromatic rings. The zero-order valence-electron chi connectivity index (χ0n) is 13.8. The number of allylic oxidation sites excluding steroid dienone is 2. The molecule has 1 amide bonds. The van der Waals surface area contributed by atoms with Crippen molar-refractivity contribution >= 4 is 40.9 Å². The second kappa shape index (κ2) is 6.81. The molecule has 0 bridgehead atoms. The van der Waals surface area contributed by atoms with Crippen molar-refractivity contribution in [2.75, 3.05) is 7.11 Å². The number of carbonyl (C=O) groups excluding carboxylic acids is 3. The molecule has 0 saturated carbocycles. The van der Waals surface area contributed by atoms with Crippen LogP contribution in [-0.2, 0) is 19.1 Å². The number of Topliss-reactive ketones (excluding diaryl/α,β-unsaturated/α-hetero) is 1. The molecular weight excluding hydrogens is 365 g/mol. The van der Waals surface area contributed by atoms with E-state index in [0.29, 0.717) is 33.3 Å².